The van der Waals surface area contributed by atoms with E-state index in [9.17, 15) is 8.42 Å². The lowest BCUT2D eigenvalue weighted by molar-refractivity contribution is 0.260. The molecule has 96 valence electrons. The molecule has 0 saturated carbocycles. The van der Waals surface area contributed by atoms with Crippen molar-refractivity contribution in [3.8, 4) is 0 Å². The third kappa shape index (κ3) is 4.01. The molecular weight excluding hydrogens is 226 g/mol. The number of rotatable bonds is 4. The molecule has 1 rings (SSSR count). The summed E-state index contributed by atoms with van der Waals surface area (Å²) in [6.07, 6.45) is 0. The fraction of sp³-hybridized carbons (Fsp3) is 1.00. The van der Waals surface area contributed by atoms with E-state index in [4.69, 9.17) is 0 Å². The Hall–Kier alpha value is -0.170. The van der Waals surface area contributed by atoms with Crippen LogP contribution in [0.5, 0.6) is 0 Å². The number of nitrogens with one attached hydrogen (secondary N) is 2. The minimum absolute atomic E-state index is 0.208. The van der Waals surface area contributed by atoms with E-state index in [1.807, 2.05) is 27.7 Å². The van der Waals surface area contributed by atoms with E-state index in [1.165, 1.54) is 4.31 Å². The van der Waals surface area contributed by atoms with Crippen LogP contribution in [0.2, 0.25) is 0 Å². The topological polar surface area (TPSA) is 61.4 Å². The molecular formula is C10H23N3O2S. The standard InChI is InChI=1S/C10H23N3O2S/c1-8(2)5-11-16(14,15)13-6-9(3)12-10(4)7-13/h8-12H,5-7H2,1-4H3. The fourth-order valence-corrected chi connectivity index (χ4v) is 3.40. The minimum Gasteiger partial charge on any atom is -0.309 e. The Balaban J connectivity index is 2.60. The van der Waals surface area contributed by atoms with Gasteiger partial charge in [-0.3, -0.25) is 0 Å². The molecule has 0 bridgehead atoms. The van der Waals surface area contributed by atoms with Crippen LogP contribution in [0, 0.1) is 5.92 Å². The third-order valence-corrected chi connectivity index (χ3v) is 4.05. The van der Waals surface area contributed by atoms with Gasteiger partial charge in [-0.05, 0) is 19.8 Å². The Labute approximate surface area is 98.8 Å². The number of piperazine rings is 1. The van der Waals surface area contributed by atoms with Crippen LogP contribution in [0.3, 0.4) is 0 Å². The monoisotopic (exact) mass is 249 g/mol. The largest absolute Gasteiger partial charge is 0.309 e. The predicted octanol–water partition coefficient (Wildman–Crippen LogP) is 0.159. The molecule has 0 aromatic carbocycles. The van der Waals surface area contributed by atoms with Crippen molar-refractivity contribution in [3.63, 3.8) is 0 Å². The smallest absolute Gasteiger partial charge is 0.279 e. The molecule has 0 amide bonds. The summed E-state index contributed by atoms with van der Waals surface area (Å²) in [6, 6.07) is 0.416. The Bertz CT molecular complexity index is 306. The first kappa shape index (κ1) is 13.9. The second-order valence-electron chi connectivity index (χ2n) is 5.03. The highest BCUT2D eigenvalue weighted by molar-refractivity contribution is 7.87. The number of hydrogen-bond donors (Lipinski definition) is 2. The zero-order valence-corrected chi connectivity index (χ0v) is 11.3. The summed E-state index contributed by atoms with van der Waals surface area (Å²) in [4.78, 5) is 0. The van der Waals surface area contributed by atoms with Gasteiger partial charge in [-0.2, -0.15) is 12.7 Å². The van der Waals surface area contributed by atoms with Gasteiger partial charge in [0.2, 0.25) is 0 Å². The van der Waals surface area contributed by atoms with E-state index in [2.05, 4.69) is 10.0 Å². The molecule has 2 N–H and O–H groups in total. The fourth-order valence-electron chi connectivity index (χ4n) is 1.84. The van der Waals surface area contributed by atoms with E-state index in [0.29, 0.717) is 25.6 Å². The van der Waals surface area contributed by atoms with Gasteiger partial charge in [-0.1, -0.05) is 13.8 Å². The molecule has 1 saturated heterocycles. The molecule has 0 aromatic rings. The summed E-state index contributed by atoms with van der Waals surface area (Å²) in [6.45, 7) is 9.56. The van der Waals surface area contributed by atoms with E-state index >= 15 is 0 Å². The van der Waals surface area contributed by atoms with Gasteiger partial charge in [-0.25, -0.2) is 4.72 Å². The third-order valence-electron chi connectivity index (χ3n) is 2.54. The van der Waals surface area contributed by atoms with Gasteiger partial charge in [0, 0.05) is 31.7 Å². The van der Waals surface area contributed by atoms with Crippen LogP contribution in [0.25, 0.3) is 0 Å². The van der Waals surface area contributed by atoms with Crippen LogP contribution < -0.4 is 10.0 Å². The second kappa shape index (κ2) is 5.44. The summed E-state index contributed by atoms with van der Waals surface area (Å²) in [7, 11) is -3.30. The maximum absolute atomic E-state index is 12.0. The van der Waals surface area contributed by atoms with Crippen molar-refractivity contribution >= 4 is 10.2 Å². The molecule has 1 fully saturated rings. The summed E-state index contributed by atoms with van der Waals surface area (Å²) in [5.74, 6) is 0.326. The molecule has 16 heavy (non-hydrogen) atoms. The molecule has 1 aliphatic rings. The van der Waals surface area contributed by atoms with E-state index in [1.54, 1.807) is 0 Å². The second-order valence-corrected chi connectivity index (χ2v) is 6.79. The van der Waals surface area contributed by atoms with Crippen molar-refractivity contribution < 1.29 is 8.42 Å². The van der Waals surface area contributed by atoms with Crippen molar-refractivity contribution in [1.82, 2.24) is 14.3 Å². The van der Waals surface area contributed by atoms with Crippen molar-refractivity contribution in [2.75, 3.05) is 19.6 Å². The maximum Gasteiger partial charge on any atom is 0.279 e. The lowest BCUT2D eigenvalue weighted by Gasteiger charge is -2.35. The lowest BCUT2D eigenvalue weighted by atomic mass is 10.2. The maximum atomic E-state index is 12.0. The SMILES string of the molecule is CC(C)CNS(=O)(=O)N1CC(C)NC(C)C1. The molecule has 0 aromatic heterocycles. The van der Waals surface area contributed by atoms with Gasteiger partial charge in [0.25, 0.3) is 10.2 Å². The molecule has 2 atom stereocenters. The van der Waals surface area contributed by atoms with Gasteiger partial charge in [0.15, 0.2) is 0 Å². The van der Waals surface area contributed by atoms with Crippen molar-refractivity contribution in [2.24, 2.45) is 5.92 Å². The van der Waals surface area contributed by atoms with Gasteiger partial charge >= 0.3 is 0 Å². The van der Waals surface area contributed by atoms with Crippen LogP contribution in [-0.2, 0) is 10.2 Å². The Morgan fingerprint density at radius 2 is 1.81 bits per heavy atom. The quantitative estimate of drug-likeness (QED) is 0.746. The van der Waals surface area contributed by atoms with Crippen LogP contribution in [0.15, 0.2) is 0 Å². The average Bonchev–Trinajstić information content (AvgIpc) is 2.13. The summed E-state index contributed by atoms with van der Waals surface area (Å²) in [5, 5.41) is 3.31. The van der Waals surface area contributed by atoms with Crippen LogP contribution in [-0.4, -0.2) is 44.4 Å². The molecule has 1 heterocycles. The van der Waals surface area contributed by atoms with Crippen LogP contribution in [0.1, 0.15) is 27.7 Å². The van der Waals surface area contributed by atoms with E-state index in [-0.39, 0.29) is 12.1 Å². The zero-order valence-electron chi connectivity index (χ0n) is 10.5. The van der Waals surface area contributed by atoms with E-state index < -0.39 is 10.2 Å². The normalized spacial score (nSPS) is 28.6. The van der Waals surface area contributed by atoms with Gasteiger partial charge in [0.1, 0.15) is 0 Å². The highest BCUT2D eigenvalue weighted by atomic mass is 32.2. The van der Waals surface area contributed by atoms with E-state index in [0.717, 1.165) is 0 Å². The Morgan fingerprint density at radius 1 is 1.31 bits per heavy atom. The number of hydrogen-bond acceptors (Lipinski definition) is 3. The van der Waals surface area contributed by atoms with Gasteiger partial charge in [-0.15, -0.1) is 0 Å². The van der Waals surface area contributed by atoms with Crippen molar-refractivity contribution in [1.29, 1.82) is 0 Å². The average molecular weight is 249 g/mol. The van der Waals surface area contributed by atoms with Gasteiger partial charge in [0.05, 0.1) is 0 Å². The van der Waals surface area contributed by atoms with Crippen molar-refractivity contribution in [3.05, 3.63) is 0 Å². The summed E-state index contributed by atoms with van der Waals surface area (Å²) < 4.78 is 28.1. The molecule has 5 nitrogen and oxygen atoms in total. The molecule has 6 heteroatoms. The predicted molar refractivity (Wildman–Crippen MR) is 65.4 cm³/mol. The molecule has 0 spiro atoms. The Kier molecular flexibility index (Phi) is 4.73. The van der Waals surface area contributed by atoms with Crippen molar-refractivity contribution in [2.45, 2.75) is 39.8 Å². The molecule has 0 radical (unpaired) electrons. The number of nitrogens with zero attached hydrogens (tertiary/aromatic N) is 1. The molecule has 1 aliphatic heterocycles. The molecule has 2 unspecified atom stereocenters. The summed E-state index contributed by atoms with van der Waals surface area (Å²) in [5.41, 5.74) is 0. The first-order valence-corrected chi connectivity index (χ1v) is 7.26. The molecule has 0 aliphatic carbocycles. The highest BCUT2D eigenvalue weighted by Gasteiger charge is 2.29. The Morgan fingerprint density at radius 3 is 2.25 bits per heavy atom. The van der Waals surface area contributed by atoms with Crippen LogP contribution >= 0.6 is 0 Å². The first-order chi connectivity index (χ1) is 7.31. The van der Waals surface area contributed by atoms with Gasteiger partial charge < -0.3 is 5.32 Å². The first-order valence-electron chi connectivity index (χ1n) is 5.82. The minimum atomic E-state index is -3.30. The lowest BCUT2D eigenvalue weighted by Crippen LogP contribution is -2.58. The van der Waals surface area contributed by atoms with Crippen LogP contribution in [0.4, 0.5) is 0 Å². The zero-order chi connectivity index (χ0) is 12.3. The summed E-state index contributed by atoms with van der Waals surface area (Å²) >= 11 is 0. The highest BCUT2D eigenvalue weighted by Crippen LogP contribution is 2.08.